The van der Waals surface area contributed by atoms with Crippen molar-refractivity contribution in [3.8, 4) is 0 Å². The van der Waals surface area contributed by atoms with Crippen LogP contribution >= 0.6 is 22.7 Å². The number of piperidine rings is 1. The summed E-state index contributed by atoms with van der Waals surface area (Å²) in [6.07, 6.45) is 6.10. The Morgan fingerprint density at radius 2 is 2.07 bits per heavy atom. The molecule has 3 aromatic heterocycles. The maximum absolute atomic E-state index is 4.35. The zero-order valence-corrected chi connectivity index (χ0v) is 18.0. The molecule has 1 atom stereocenters. The summed E-state index contributed by atoms with van der Waals surface area (Å²) in [7, 11) is 0. The van der Waals surface area contributed by atoms with Gasteiger partial charge in [0, 0.05) is 23.3 Å². The second-order valence-corrected chi connectivity index (χ2v) is 8.91. The molecule has 1 aromatic carbocycles. The van der Waals surface area contributed by atoms with Gasteiger partial charge < -0.3 is 10.2 Å². The quantitative estimate of drug-likeness (QED) is 0.417. The van der Waals surface area contributed by atoms with Crippen molar-refractivity contribution in [2.45, 2.75) is 39.2 Å². The molecule has 4 aromatic rings. The van der Waals surface area contributed by atoms with Gasteiger partial charge in [-0.2, -0.15) is 0 Å². The second-order valence-electron chi connectivity index (χ2n) is 7.13. The number of thiazole rings is 1. The lowest BCUT2D eigenvalue weighted by molar-refractivity contribution is 0.169. The minimum atomic E-state index is 0.851. The number of rotatable bonds is 3. The van der Waals surface area contributed by atoms with Gasteiger partial charge >= 0.3 is 0 Å². The topological polar surface area (TPSA) is 41.0 Å². The molecule has 0 aliphatic carbocycles. The standard InChI is InChI=1S/C14H9N3S2.C8H17N/c1-2-13-12(16-8-19-13)7-9(1)17-11-3-5-15-14-10(11)4-6-18-14;1-3-9-7-5-4-6-8(9)2/h1-8H,(H,15,17);8H,3-7H2,1-2H3. The molecule has 146 valence electrons. The number of nitrogens with zero attached hydrogens (tertiary/aromatic N) is 3. The summed E-state index contributed by atoms with van der Waals surface area (Å²) in [5.41, 5.74) is 5.04. The molecule has 1 aliphatic rings. The van der Waals surface area contributed by atoms with Crippen LogP contribution in [-0.2, 0) is 0 Å². The van der Waals surface area contributed by atoms with Gasteiger partial charge in [-0.15, -0.1) is 22.7 Å². The SMILES string of the molecule is CCN1CCCCC1C.c1cc(Nc2ccc3scnc3c2)c2ccsc2n1. The van der Waals surface area contributed by atoms with Gasteiger partial charge in [-0.1, -0.05) is 13.3 Å². The second kappa shape index (κ2) is 8.99. The van der Waals surface area contributed by atoms with E-state index in [1.54, 1.807) is 22.7 Å². The van der Waals surface area contributed by atoms with E-state index >= 15 is 0 Å². The van der Waals surface area contributed by atoms with Gasteiger partial charge in [0.25, 0.3) is 0 Å². The summed E-state index contributed by atoms with van der Waals surface area (Å²) >= 11 is 3.31. The normalized spacial score (nSPS) is 17.4. The number of nitrogens with one attached hydrogen (secondary N) is 1. The van der Waals surface area contributed by atoms with Gasteiger partial charge in [-0.05, 0) is 68.6 Å². The highest BCUT2D eigenvalue weighted by Crippen LogP contribution is 2.29. The highest BCUT2D eigenvalue weighted by Gasteiger charge is 2.15. The molecule has 1 fully saturated rings. The minimum absolute atomic E-state index is 0.851. The van der Waals surface area contributed by atoms with Gasteiger partial charge in [0.1, 0.15) is 4.83 Å². The number of hydrogen-bond acceptors (Lipinski definition) is 6. The Labute approximate surface area is 174 Å². The Morgan fingerprint density at radius 1 is 1.14 bits per heavy atom. The molecule has 28 heavy (non-hydrogen) atoms. The molecular formula is C22H26N4S2. The molecule has 1 aliphatic heterocycles. The Hall–Kier alpha value is -2.02. The Balaban J connectivity index is 0.000000181. The Bertz CT molecular complexity index is 1040. The van der Waals surface area contributed by atoms with Crippen molar-refractivity contribution in [3.63, 3.8) is 0 Å². The molecule has 6 heteroatoms. The summed E-state index contributed by atoms with van der Waals surface area (Å²) in [6.45, 7) is 7.16. The van der Waals surface area contributed by atoms with Gasteiger partial charge in [0.2, 0.25) is 0 Å². The highest BCUT2D eigenvalue weighted by atomic mass is 32.1. The van der Waals surface area contributed by atoms with Crippen LogP contribution in [0.2, 0.25) is 0 Å². The van der Waals surface area contributed by atoms with E-state index in [9.17, 15) is 0 Å². The van der Waals surface area contributed by atoms with Crippen LogP contribution < -0.4 is 5.32 Å². The van der Waals surface area contributed by atoms with Crippen LogP contribution in [0.15, 0.2) is 47.4 Å². The van der Waals surface area contributed by atoms with Gasteiger partial charge in [0.15, 0.2) is 0 Å². The third-order valence-electron chi connectivity index (χ3n) is 5.32. The molecular weight excluding hydrogens is 384 g/mol. The van der Waals surface area contributed by atoms with E-state index < -0.39 is 0 Å². The highest BCUT2D eigenvalue weighted by molar-refractivity contribution is 7.17. The van der Waals surface area contributed by atoms with Crippen molar-refractivity contribution in [2.24, 2.45) is 0 Å². The number of pyridine rings is 1. The van der Waals surface area contributed by atoms with Crippen LogP contribution in [0.5, 0.6) is 0 Å². The lowest BCUT2D eigenvalue weighted by atomic mass is 10.0. The molecule has 1 unspecified atom stereocenters. The van der Waals surface area contributed by atoms with Crippen molar-refractivity contribution >= 4 is 54.5 Å². The van der Waals surface area contributed by atoms with E-state index in [0.29, 0.717) is 0 Å². The summed E-state index contributed by atoms with van der Waals surface area (Å²) < 4.78 is 1.21. The van der Waals surface area contributed by atoms with Gasteiger partial charge in [-0.25, -0.2) is 9.97 Å². The first-order valence-electron chi connectivity index (χ1n) is 9.91. The van der Waals surface area contributed by atoms with Crippen LogP contribution in [0, 0.1) is 0 Å². The number of thiophene rings is 1. The molecule has 5 rings (SSSR count). The minimum Gasteiger partial charge on any atom is -0.355 e. The summed E-state index contributed by atoms with van der Waals surface area (Å²) in [5, 5.41) is 6.67. The van der Waals surface area contributed by atoms with E-state index in [0.717, 1.165) is 33.1 Å². The molecule has 0 spiro atoms. The number of hydrogen-bond donors (Lipinski definition) is 1. The van der Waals surface area contributed by atoms with E-state index in [4.69, 9.17) is 0 Å². The van der Waals surface area contributed by atoms with E-state index in [-0.39, 0.29) is 0 Å². The first kappa shape index (κ1) is 19.3. The summed E-state index contributed by atoms with van der Waals surface area (Å²) in [4.78, 5) is 12.3. The average molecular weight is 411 g/mol. The smallest absolute Gasteiger partial charge is 0.125 e. The monoisotopic (exact) mass is 410 g/mol. The fourth-order valence-corrected chi connectivity index (χ4v) is 5.12. The lowest BCUT2D eigenvalue weighted by Crippen LogP contribution is -2.36. The van der Waals surface area contributed by atoms with Crippen LogP contribution in [0.25, 0.3) is 20.4 Å². The van der Waals surface area contributed by atoms with Crippen molar-refractivity contribution in [3.05, 3.63) is 47.4 Å². The maximum Gasteiger partial charge on any atom is 0.125 e. The number of aromatic nitrogens is 2. The maximum atomic E-state index is 4.35. The van der Waals surface area contributed by atoms with Crippen molar-refractivity contribution in [2.75, 3.05) is 18.4 Å². The predicted octanol–water partition coefficient (Wildman–Crippen LogP) is 6.53. The van der Waals surface area contributed by atoms with Gasteiger partial charge in [-0.3, -0.25) is 0 Å². The molecule has 4 nitrogen and oxygen atoms in total. The van der Waals surface area contributed by atoms with E-state index in [1.807, 2.05) is 17.8 Å². The first-order valence-corrected chi connectivity index (χ1v) is 11.7. The fourth-order valence-electron chi connectivity index (χ4n) is 3.70. The zero-order chi connectivity index (χ0) is 19.3. The number of anilines is 2. The average Bonchev–Trinajstić information content (AvgIpc) is 3.38. The first-order chi connectivity index (χ1) is 13.7. The molecule has 0 radical (unpaired) electrons. The van der Waals surface area contributed by atoms with Crippen molar-refractivity contribution < 1.29 is 0 Å². The lowest BCUT2D eigenvalue weighted by Gasteiger charge is -2.31. The molecule has 4 heterocycles. The molecule has 0 amide bonds. The van der Waals surface area contributed by atoms with Crippen LogP contribution in [0.1, 0.15) is 33.1 Å². The van der Waals surface area contributed by atoms with Crippen molar-refractivity contribution in [1.82, 2.24) is 14.9 Å². The fraction of sp³-hybridized carbons (Fsp3) is 0.364. The third kappa shape index (κ3) is 4.35. The number of likely N-dealkylation sites (tertiary alicyclic amines) is 1. The molecule has 1 N–H and O–H groups in total. The van der Waals surface area contributed by atoms with E-state index in [2.05, 4.69) is 63.7 Å². The Kier molecular flexibility index (Phi) is 6.20. The van der Waals surface area contributed by atoms with E-state index in [1.165, 1.54) is 37.1 Å². The Morgan fingerprint density at radius 3 is 2.89 bits per heavy atom. The number of fused-ring (bicyclic) bond motifs is 2. The molecule has 0 saturated carbocycles. The third-order valence-corrected chi connectivity index (χ3v) is 6.95. The predicted molar refractivity (Wildman–Crippen MR) is 123 cm³/mol. The van der Waals surface area contributed by atoms with Crippen LogP contribution in [-0.4, -0.2) is 34.0 Å². The largest absolute Gasteiger partial charge is 0.355 e. The summed E-state index contributed by atoms with van der Waals surface area (Å²) in [5.74, 6) is 0. The number of benzene rings is 1. The zero-order valence-electron chi connectivity index (χ0n) is 16.4. The van der Waals surface area contributed by atoms with Crippen LogP contribution in [0.4, 0.5) is 11.4 Å². The molecule has 0 bridgehead atoms. The summed E-state index contributed by atoms with van der Waals surface area (Å²) in [6, 6.07) is 11.2. The molecule has 1 saturated heterocycles. The van der Waals surface area contributed by atoms with Crippen molar-refractivity contribution in [1.29, 1.82) is 0 Å². The van der Waals surface area contributed by atoms with Gasteiger partial charge in [0.05, 0.1) is 21.4 Å². The van der Waals surface area contributed by atoms with Crippen LogP contribution in [0.3, 0.4) is 0 Å².